The van der Waals surface area contributed by atoms with Gasteiger partial charge in [0.05, 0.1) is 11.7 Å². The van der Waals surface area contributed by atoms with Gasteiger partial charge in [-0.1, -0.05) is 12.1 Å². The SMILES string of the molecule is O=C1OCC2CCN(Cc3ccc(F)c(F)c3)Cc3ccc(F)cc3N12. The molecule has 0 aromatic heterocycles. The normalized spacial score (nSPS) is 20.2. The zero-order valence-electron chi connectivity index (χ0n) is 13.9. The van der Waals surface area contributed by atoms with Crippen LogP contribution in [0.2, 0.25) is 0 Å². The highest BCUT2D eigenvalue weighted by Gasteiger charge is 2.37. The Kier molecular flexibility index (Phi) is 4.32. The van der Waals surface area contributed by atoms with Crippen LogP contribution in [0.4, 0.5) is 23.7 Å². The first-order valence-electron chi connectivity index (χ1n) is 8.42. The monoisotopic (exact) mass is 362 g/mol. The lowest BCUT2D eigenvalue weighted by atomic mass is 10.0. The molecule has 4 rings (SSSR count). The fraction of sp³-hybridized carbons (Fsp3) is 0.316. The number of nitrogens with zero attached hydrogens (tertiary/aromatic N) is 2. The maximum atomic E-state index is 13.8. The van der Waals surface area contributed by atoms with Crippen LogP contribution >= 0.6 is 0 Å². The van der Waals surface area contributed by atoms with E-state index in [9.17, 15) is 18.0 Å². The smallest absolute Gasteiger partial charge is 0.414 e. The summed E-state index contributed by atoms with van der Waals surface area (Å²) in [6.45, 7) is 1.79. The number of amides is 1. The summed E-state index contributed by atoms with van der Waals surface area (Å²) in [4.78, 5) is 15.7. The highest BCUT2D eigenvalue weighted by Crippen LogP contribution is 2.32. The molecule has 0 aliphatic carbocycles. The summed E-state index contributed by atoms with van der Waals surface area (Å²) < 4.78 is 45.5. The van der Waals surface area contributed by atoms with E-state index < -0.39 is 23.5 Å². The van der Waals surface area contributed by atoms with E-state index in [1.165, 1.54) is 23.1 Å². The van der Waals surface area contributed by atoms with E-state index in [1.54, 1.807) is 12.1 Å². The van der Waals surface area contributed by atoms with Crippen molar-refractivity contribution in [2.24, 2.45) is 0 Å². The van der Waals surface area contributed by atoms with E-state index in [4.69, 9.17) is 4.74 Å². The summed E-state index contributed by atoms with van der Waals surface area (Å²) in [6.07, 6.45) is 0.182. The molecule has 2 aliphatic heterocycles. The van der Waals surface area contributed by atoms with E-state index in [-0.39, 0.29) is 12.6 Å². The first-order chi connectivity index (χ1) is 12.5. The van der Waals surface area contributed by atoms with Gasteiger partial charge < -0.3 is 4.74 Å². The van der Waals surface area contributed by atoms with E-state index in [1.807, 2.05) is 0 Å². The maximum absolute atomic E-state index is 13.8. The minimum atomic E-state index is -0.877. The zero-order valence-corrected chi connectivity index (χ0v) is 13.9. The molecule has 1 saturated heterocycles. The lowest BCUT2D eigenvalue weighted by Crippen LogP contribution is -2.40. The number of anilines is 1. The van der Waals surface area contributed by atoms with Crippen LogP contribution in [-0.4, -0.2) is 30.2 Å². The fourth-order valence-corrected chi connectivity index (χ4v) is 3.55. The van der Waals surface area contributed by atoms with E-state index >= 15 is 0 Å². The van der Waals surface area contributed by atoms with Crippen molar-refractivity contribution in [1.82, 2.24) is 4.90 Å². The lowest BCUT2D eigenvalue weighted by molar-refractivity contribution is 0.177. The Balaban J connectivity index is 1.64. The van der Waals surface area contributed by atoms with Crippen LogP contribution in [0.1, 0.15) is 17.5 Å². The van der Waals surface area contributed by atoms with Crippen LogP contribution in [0, 0.1) is 17.5 Å². The summed E-state index contributed by atoms with van der Waals surface area (Å²) in [6, 6.07) is 8.03. The van der Waals surface area contributed by atoms with Crippen molar-refractivity contribution in [2.45, 2.75) is 25.6 Å². The molecule has 2 heterocycles. The van der Waals surface area contributed by atoms with Gasteiger partial charge in [0.2, 0.25) is 0 Å². The molecular formula is C19H17F3N2O2. The van der Waals surface area contributed by atoms with Crippen LogP contribution in [0.5, 0.6) is 0 Å². The average molecular weight is 362 g/mol. The highest BCUT2D eigenvalue weighted by molar-refractivity contribution is 5.91. The molecule has 0 saturated carbocycles. The summed E-state index contributed by atoms with van der Waals surface area (Å²) in [5, 5.41) is 0. The average Bonchev–Trinajstić information content (AvgIpc) is 2.96. The number of hydrogen-bond acceptors (Lipinski definition) is 3. The van der Waals surface area contributed by atoms with Gasteiger partial charge in [-0.3, -0.25) is 9.80 Å². The number of rotatable bonds is 2. The first kappa shape index (κ1) is 16.9. The van der Waals surface area contributed by atoms with Crippen molar-refractivity contribution in [1.29, 1.82) is 0 Å². The Bertz CT molecular complexity index is 859. The standard InChI is InChI=1S/C19H17F3N2O2/c20-14-3-2-13-10-23(9-12-1-4-16(21)17(22)7-12)6-5-15-11-26-19(25)24(15)18(13)8-14/h1-4,7-8,15H,5-6,9-11H2. The molecule has 1 fully saturated rings. The van der Waals surface area contributed by atoms with Gasteiger partial charge in [-0.15, -0.1) is 0 Å². The predicted molar refractivity (Wildman–Crippen MR) is 89.1 cm³/mol. The second kappa shape index (κ2) is 6.64. The fourth-order valence-electron chi connectivity index (χ4n) is 3.55. The summed E-state index contributed by atoms with van der Waals surface area (Å²) in [7, 11) is 0. The number of ether oxygens (including phenoxy) is 1. The Morgan fingerprint density at radius 2 is 1.92 bits per heavy atom. The zero-order chi connectivity index (χ0) is 18.3. The van der Waals surface area contributed by atoms with Crippen molar-refractivity contribution < 1.29 is 22.7 Å². The Morgan fingerprint density at radius 3 is 2.73 bits per heavy atom. The third-order valence-electron chi connectivity index (χ3n) is 4.83. The van der Waals surface area contributed by atoms with Crippen LogP contribution in [0.3, 0.4) is 0 Å². The first-order valence-corrected chi connectivity index (χ1v) is 8.42. The second-order valence-electron chi connectivity index (χ2n) is 6.62. The molecule has 2 aromatic rings. The molecule has 136 valence electrons. The molecule has 0 radical (unpaired) electrons. The predicted octanol–water partition coefficient (Wildman–Crippen LogP) is 3.84. The third-order valence-corrected chi connectivity index (χ3v) is 4.83. The van der Waals surface area contributed by atoms with E-state index in [0.29, 0.717) is 37.3 Å². The molecule has 1 atom stereocenters. The number of carbonyl (C=O) groups excluding carboxylic acids is 1. The molecule has 0 N–H and O–H groups in total. The van der Waals surface area contributed by atoms with Crippen LogP contribution < -0.4 is 4.90 Å². The summed E-state index contributed by atoms with van der Waals surface area (Å²) in [5.74, 6) is -2.17. The molecule has 2 aromatic carbocycles. The van der Waals surface area contributed by atoms with Crippen molar-refractivity contribution in [3.05, 3.63) is 65.0 Å². The molecule has 1 unspecified atom stereocenters. The molecule has 7 heteroatoms. The molecule has 26 heavy (non-hydrogen) atoms. The largest absolute Gasteiger partial charge is 0.447 e. The van der Waals surface area contributed by atoms with Gasteiger partial charge in [0.1, 0.15) is 12.4 Å². The number of carbonyl (C=O) groups is 1. The van der Waals surface area contributed by atoms with E-state index in [2.05, 4.69) is 4.90 Å². The van der Waals surface area contributed by atoms with Crippen molar-refractivity contribution in [3.8, 4) is 0 Å². The number of hydrogen-bond donors (Lipinski definition) is 0. The molecule has 2 aliphatic rings. The summed E-state index contributed by atoms with van der Waals surface area (Å²) in [5.41, 5.74) is 1.95. The highest BCUT2D eigenvalue weighted by atomic mass is 19.2. The van der Waals surface area contributed by atoms with Gasteiger partial charge >= 0.3 is 6.09 Å². The number of cyclic esters (lactones) is 1. The van der Waals surface area contributed by atoms with Crippen molar-refractivity contribution >= 4 is 11.8 Å². The van der Waals surface area contributed by atoms with E-state index in [0.717, 1.165) is 11.6 Å². The Hall–Kier alpha value is -2.54. The molecule has 0 bridgehead atoms. The summed E-state index contributed by atoms with van der Waals surface area (Å²) >= 11 is 0. The van der Waals surface area contributed by atoms with Gasteiger partial charge in [0.15, 0.2) is 11.6 Å². The van der Waals surface area contributed by atoms with Gasteiger partial charge in [0, 0.05) is 19.6 Å². The third kappa shape index (κ3) is 3.14. The molecule has 1 amide bonds. The van der Waals surface area contributed by atoms with Crippen LogP contribution in [0.15, 0.2) is 36.4 Å². The second-order valence-corrected chi connectivity index (χ2v) is 6.62. The maximum Gasteiger partial charge on any atom is 0.414 e. The molecular weight excluding hydrogens is 345 g/mol. The van der Waals surface area contributed by atoms with Crippen molar-refractivity contribution in [2.75, 3.05) is 18.1 Å². The lowest BCUT2D eigenvalue weighted by Gasteiger charge is -2.32. The Morgan fingerprint density at radius 1 is 1.08 bits per heavy atom. The van der Waals surface area contributed by atoms with Crippen LogP contribution in [0.25, 0.3) is 0 Å². The van der Waals surface area contributed by atoms with Gasteiger partial charge in [0.25, 0.3) is 0 Å². The van der Waals surface area contributed by atoms with Gasteiger partial charge in [-0.05, 0) is 41.8 Å². The number of halogens is 3. The van der Waals surface area contributed by atoms with Crippen LogP contribution in [-0.2, 0) is 17.8 Å². The minimum Gasteiger partial charge on any atom is -0.447 e. The number of benzene rings is 2. The van der Waals surface area contributed by atoms with Gasteiger partial charge in [-0.2, -0.15) is 0 Å². The minimum absolute atomic E-state index is 0.171. The quantitative estimate of drug-likeness (QED) is 0.814. The molecule has 4 nitrogen and oxygen atoms in total. The Labute approximate surface area is 148 Å². The number of fused-ring (bicyclic) bond motifs is 3. The topological polar surface area (TPSA) is 32.8 Å². The van der Waals surface area contributed by atoms with Gasteiger partial charge in [-0.25, -0.2) is 18.0 Å². The van der Waals surface area contributed by atoms with Crippen molar-refractivity contribution in [3.63, 3.8) is 0 Å². The molecule has 0 spiro atoms.